The first-order valence-electron chi connectivity index (χ1n) is 8.54. The molecule has 0 unspecified atom stereocenters. The average Bonchev–Trinajstić information content (AvgIpc) is 2.54. The summed E-state index contributed by atoms with van der Waals surface area (Å²) in [4.78, 5) is 0. The Kier molecular flexibility index (Phi) is 7.77. The van der Waals surface area contributed by atoms with Crippen LogP contribution in [0.25, 0.3) is 0 Å². The van der Waals surface area contributed by atoms with Crippen LogP contribution in [-0.2, 0) is 6.42 Å². The molecule has 1 aliphatic rings. The Hall–Kier alpha value is -0.370. The van der Waals surface area contributed by atoms with E-state index < -0.39 is 0 Å². The second-order valence-corrected chi connectivity index (χ2v) is 7.23. The van der Waals surface area contributed by atoms with E-state index in [1.165, 1.54) is 56.1 Å². The van der Waals surface area contributed by atoms with Gasteiger partial charge in [-0.2, -0.15) is 0 Å². The number of benzene rings is 1. The van der Waals surface area contributed by atoms with E-state index in [0.29, 0.717) is 6.42 Å². The zero-order chi connectivity index (χ0) is 14.9. The van der Waals surface area contributed by atoms with Gasteiger partial charge in [-0.3, -0.25) is 4.39 Å². The van der Waals surface area contributed by atoms with Crippen LogP contribution in [0.1, 0.15) is 68.4 Å². The molecule has 0 atom stereocenters. The first-order chi connectivity index (χ1) is 10.3. The Labute approximate surface area is 137 Å². The van der Waals surface area contributed by atoms with Crippen LogP contribution >= 0.6 is 15.9 Å². The molecule has 1 aliphatic carbocycles. The first kappa shape index (κ1) is 17.0. The molecular formula is C19H28BrF. The van der Waals surface area contributed by atoms with Crippen molar-refractivity contribution >= 4 is 15.9 Å². The molecule has 2 heteroatoms. The summed E-state index contributed by atoms with van der Waals surface area (Å²) in [5, 5.41) is 1.15. The summed E-state index contributed by atoms with van der Waals surface area (Å²) in [7, 11) is 0. The van der Waals surface area contributed by atoms with Gasteiger partial charge >= 0.3 is 0 Å². The van der Waals surface area contributed by atoms with E-state index in [1.807, 2.05) is 0 Å². The molecule has 0 aliphatic heterocycles. The van der Waals surface area contributed by atoms with E-state index in [9.17, 15) is 4.39 Å². The van der Waals surface area contributed by atoms with Crippen LogP contribution in [0.3, 0.4) is 0 Å². The third-order valence-corrected chi connectivity index (χ3v) is 5.45. The van der Waals surface area contributed by atoms with Crippen molar-refractivity contribution in [1.29, 1.82) is 0 Å². The lowest BCUT2D eigenvalue weighted by atomic mass is 9.77. The van der Waals surface area contributed by atoms with E-state index in [-0.39, 0.29) is 6.67 Å². The molecule has 0 radical (unpaired) electrons. The van der Waals surface area contributed by atoms with Crippen molar-refractivity contribution < 1.29 is 4.39 Å². The van der Waals surface area contributed by atoms with Gasteiger partial charge in [-0.15, -0.1) is 0 Å². The van der Waals surface area contributed by atoms with Crippen LogP contribution in [0.2, 0.25) is 0 Å². The first-order valence-corrected chi connectivity index (χ1v) is 9.66. The maximum absolute atomic E-state index is 12.2. The maximum Gasteiger partial charge on any atom is 0.0897 e. The smallest absolute Gasteiger partial charge is 0.0897 e. The minimum absolute atomic E-state index is 0.207. The van der Waals surface area contributed by atoms with Crippen molar-refractivity contribution in [2.45, 2.75) is 63.7 Å². The molecule has 0 saturated heterocycles. The maximum atomic E-state index is 12.2. The number of alkyl halides is 2. The monoisotopic (exact) mass is 354 g/mol. The van der Waals surface area contributed by atoms with Gasteiger partial charge in [0.25, 0.3) is 0 Å². The van der Waals surface area contributed by atoms with E-state index in [1.54, 1.807) is 0 Å². The topological polar surface area (TPSA) is 0 Å². The van der Waals surface area contributed by atoms with Crippen LogP contribution in [0.15, 0.2) is 24.3 Å². The predicted octanol–water partition coefficient (Wildman–Crippen LogP) is 6.43. The highest BCUT2D eigenvalue weighted by atomic mass is 79.9. The van der Waals surface area contributed by atoms with Gasteiger partial charge in [0, 0.05) is 5.33 Å². The normalized spacial score (nSPS) is 22.4. The lowest BCUT2D eigenvalue weighted by Gasteiger charge is -2.29. The molecule has 2 rings (SSSR count). The molecular weight excluding hydrogens is 327 g/mol. The van der Waals surface area contributed by atoms with Gasteiger partial charge in [-0.1, -0.05) is 53.0 Å². The molecule has 1 fully saturated rings. The van der Waals surface area contributed by atoms with E-state index in [4.69, 9.17) is 0 Å². The van der Waals surface area contributed by atoms with Crippen molar-refractivity contribution in [2.75, 3.05) is 12.0 Å². The van der Waals surface area contributed by atoms with Gasteiger partial charge < -0.3 is 0 Å². The zero-order valence-electron chi connectivity index (χ0n) is 13.0. The fourth-order valence-corrected chi connectivity index (χ4v) is 3.94. The largest absolute Gasteiger partial charge is 0.251 e. The van der Waals surface area contributed by atoms with Gasteiger partial charge in [-0.25, -0.2) is 0 Å². The molecule has 0 spiro atoms. The molecule has 0 bridgehead atoms. The molecule has 0 heterocycles. The van der Waals surface area contributed by atoms with Crippen molar-refractivity contribution in [2.24, 2.45) is 5.92 Å². The summed E-state index contributed by atoms with van der Waals surface area (Å²) in [6.45, 7) is -0.207. The Morgan fingerprint density at radius 2 is 1.67 bits per heavy atom. The van der Waals surface area contributed by atoms with Crippen molar-refractivity contribution in [3.63, 3.8) is 0 Å². The van der Waals surface area contributed by atoms with Crippen LogP contribution in [0.5, 0.6) is 0 Å². The number of hydrogen-bond donors (Lipinski definition) is 0. The summed E-state index contributed by atoms with van der Waals surface area (Å²) in [6, 6.07) is 8.97. The van der Waals surface area contributed by atoms with Gasteiger partial charge in [-0.05, 0) is 67.9 Å². The highest BCUT2D eigenvalue weighted by Gasteiger charge is 2.21. The minimum atomic E-state index is -0.207. The molecule has 0 N–H and O–H groups in total. The molecule has 21 heavy (non-hydrogen) atoms. The highest BCUT2D eigenvalue weighted by molar-refractivity contribution is 9.09. The summed E-state index contributed by atoms with van der Waals surface area (Å²) < 4.78 is 12.2. The summed E-state index contributed by atoms with van der Waals surface area (Å²) >= 11 is 3.52. The number of rotatable bonds is 8. The Balaban J connectivity index is 1.76. The van der Waals surface area contributed by atoms with Crippen LogP contribution < -0.4 is 0 Å². The lowest BCUT2D eigenvalue weighted by Crippen LogP contribution is -2.13. The fraction of sp³-hybridized carbons (Fsp3) is 0.684. The molecule has 1 aromatic rings. The zero-order valence-corrected chi connectivity index (χ0v) is 14.6. The van der Waals surface area contributed by atoms with Crippen molar-refractivity contribution in [3.8, 4) is 0 Å². The quantitative estimate of drug-likeness (QED) is 0.372. The third kappa shape index (κ3) is 5.73. The summed E-state index contributed by atoms with van der Waals surface area (Å²) in [5.74, 6) is 1.72. The Bertz CT molecular complexity index is 379. The number of unbranched alkanes of at least 4 members (excludes halogenated alkanes) is 1. The Morgan fingerprint density at radius 3 is 2.29 bits per heavy atom. The van der Waals surface area contributed by atoms with Gasteiger partial charge in [0.15, 0.2) is 0 Å². The molecule has 0 nitrogen and oxygen atoms in total. The number of hydrogen-bond acceptors (Lipinski definition) is 0. The van der Waals surface area contributed by atoms with Crippen LogP contribution in [0, 0.1) is 5.92 Å². The Morgan fingerprint density at radius 1 is 0.952 bits per heavy atom. The molecule has 118 valence electrons. The predicted molar refractivity (Wildman–Crippen MR) is 93.1 cm³/mol. The third-order valence-electron chi connectivity index (χ3n) is 4.89. The van der Waals surface area contributed by atoms with Gasteiger partial charge in [0.1, 0.15) is 0 Å². The fourth-order valence-electron chi connectivity index (χ4n) is 3.54. The molecule has 1 saturated carbocycles. The van der Waals surface area contributed by atoms with E-state index in [0.717, 1.165) is 23.6 Å². The lowest BCUT2D eigenvalue weighted by molar-refractivity contribution is 0.304. The van der Waals surface area contributed by atoms with Crippen LogP contribution in [0.4, 0.5) is 4.39 Å². The minimum Gasteiger partial charge on any atom is -0.251 e. The number of aryl methyl sites for hydroxylation is 1. The second-order valence-electron chi connectivity index (χ2n) is 6.44. The standard InChI is InChI=1S/C19H28BrF/c20-14-2-1-4-16-6-10-18(11-7-16)19-12-8-17(9-13-19)5-3-15-21/h8-9,12-13,16,18H,1-7,10-11,14-15H2/t16-,18-. The number of halogens is 2. The van der Waals surface area contributed by atoms with Crippen molar-refractivity contribution in [1.82, 2.24) is 0 Å². The van der Waals surface area contributed by atoms with Gasteiger partial charge in [0.05, 0.1) is 6.67 Å². The SMILES string of the molecule is FCCCc1ccc([C@H]2CC[C@H](CCCCBr)CC2)cc1. The van der Waals surface area contributed by atoms with Crippen molar-refractivity contribution in [3.05, 3.63) is 35.4 Å². The highest BCUT2D eigenvalue weighted by Crippen LogP contribution is 2.37. The second kappa shape index (κ2) is 9.61. The average molecular weight is 355 g/mol. The van der Waals surface area contributed by atoms with E-state index >= 15 is 0 Å². The summed E-state index contributed by atoms with van der Waals surface area (Å²) in [6.07, 6.45) is 11.1. The van der Waals surface area contributed by atoms with Crippen LogP contribution in [-0.4, -0.2) is 12.0 Å². The van der Waals surface area contributed by atoms with Gasteiger partial charge in [0.2, 0.25) is 0 Å². The van der Waals surface area contributed by atoms with E-state index in [2.05, 4.69) is 40.2 Å². The molecule has 1 aromatic carbocycles. The molecule has 0 amide bonds. The summed E-state index contributed by atoms with van der Waals surface area (Å²) in [5.41, 5.74) is 2.78. The molecule has 0 aromatic heterocycles.